The first-order valence-electron chi connectivity index (χ1n) is 4.33. The molecule has 0 bridgehead atoms. The Bertz CT molecular complexity index is 427. The zero-order valence-electron chi connectivity index (χ0n) is 8.68. The van der Waals surface area contributed by atoms with Gasteiger partial charge in [-0.15, -0.1) is 0 Å². The minimum atomic E-state index is -4.65. The van der Waals surface area contributed by atoms with Gasteiger partial charge in [0.15, 0.2) is 5.78 Å². The van der Waals surface area contributed by atoms with E-state index in [0.717, 1.165) is 20.1 Å². The highest BCUT2D eigenvalue weighted by Crippen LogP contribution is 2.42. The summed E-state index contributed by atoms with van der Waals surface area (Å²) < 4.78 is 42.6. The Morgan fingerprint density at radius 1 is 1.38 bits per heavy atom. The number of nitrogens with two attached hydrogens (primary N) is 1. The van der Waals surface area contributed by atoms with Crippen molar-refractivity contribution in [2.24, 2.45) is 0 Å². The first kappa shape index (κ1) is 12.4. The summed E-state index contributed by atoms with van der Waals surface area (Å²) in [5.41, 5.74) is 3.53. The van der Waals surface area contributed by atoms with E-state index in [4.69, 9.17) is 5.73 Å². The lowest BCUT2D eigenvalue weighted by Crippen LogP contribution is -2.13. The maximum Gasteiger partial charge on any atom is 0.421 e. The van der Waals surface area contributed by atoms with Crippen LogP contribution in [0.15, 0.2) is 12.1 Å². The summed E-state index contributed by atoms with van der Waals surface area (Å²) in [6.07, 6.45) is -4.65. The van der Waals surface area contributed by atoms with Crippen LogP contribution in [0, 0.1) is 0 Å². The number of halogens is 3. The van der Waals surface area contributed by atoms with Crippen LogP contribution < -0.4 is 10.5 Å². The molecule has 0 amide bonds. The molecule has 0 aliphatic rings. The van der Waals surface area contributed by atoms with Gasteiger partial charge in [0.05, 0.1) is 12.7 Å². The number of carbonyl (C=O) groups excluding carboxylic acids is 1. The highest BCUT2D eigenvalue weighted by Gasteiger charge is 2.38. The van der Waals surface area contributed by atoms with Gasteiger partial charge < -0.3 is 10.5 Å². The smallest absolute Gasteiger partial charge is 0.421 e. The van der Waals surface area contributed by atoms with Crippen LogP contribution in [0.4, 0.5) is 18.9 Å². The largest absolute Gasteiger partial charge is 0.495 e. The Kier molecular flexibility index (Phi) is 3.11. The zero-order valence-corrected chi connectivity index (χ0v) is 8.68. The summed E-state index contributed by atoms with van der Waals surface area (Å²) in [4.78, 5) is 11.1. The molecule has 0 aromatic heterocycles. The van der Waals surface area contributed by atoms with E-state index in [9.17, 15) is 18.0 Å². The van der Waals surface area contributed by atoms with Gasteiger partial charge in [-0.05, 0) is 19.1 Å². The van der Waals surface area contributed by atoms with Gasteiger partial charge in [0, 0.05) is 5.69 Å². The Balaban J connectivity index is 3.57. The molecule has 1 aromatic rings. The van der Waals surface area contributed by atoms with Crippen molar-refractivity contribution in [3.8, 4) is 5.75 Å². The van der Waals surface area contributed by atoms with Crippen molar-refractivity contribution in [3.63, 3.8) is 0 Å². The van der Waals surface area contributed by atoms with Crippen LogP contribution in [0.3, 0.4) is 0 Å². The molecule has 0 unspecified atom stereocenters. The fourth-order valence-electron chi connectivity index (χ4n) is 1.38. The number of carbonyl (C=O) groups is 1. The number of rotatable bonds is 2. The Morgan fingerprint density at radius 2 is 1.94 bits per heavy atom. The van der Waals surface area contributed by atoms with E-state index in [1.807, 2.05) is 0 Å². The quantitative estimate of drug-likeness (QED) is 0.630. The van der Waals surface area contributed by atoms with Crippen LogP contribution in [-0.2, 0) is 6.18 Å². The molecule has 88 valence electrons. The molecular formula is C10H10F3NO2. The summed E-state index contributed by atoms with van der Waals surface area (Å²) in [5, 5.41) is 0. The molecular weight excluding hydrogens is 223 g/mol. The van der Waals surface area contributed by atoms with E-state index in [1.54, 1.807) is 0 Å². The van der Waals surface area contributed by atoms with E-state index < -0.39 is 29.0 Å². The molecule has 6 heteroatoms. The summed E-state index contributed by atoms with van der Waals surface area (Å²) in [6, 6.07) is 2.26. The van der Waals surface area contributed by atoms with Crippen molar-refractivity contribution < 1.29 is 22.7 Å². The van der Waals surface area contributed by atoms with Gasteiger partial charge in [-0.2, -0.15) is 13.2 Å². The van der Waals surface area contributed by atoms with Crippen molar-refractivity contribution in [3.05, 3.63) is 23.3 Å². The average molecular weight is 233 g/mol. The molecule has 0 saturated carbocycles. The first-order valence-corrected chi connectivity index (χ1v) is 4.33. The lowest BCUT2D eigenvalue weighted by Gasteiger charge is -2.16. The van der Waals surface area contributed by atoms with Crippen molar-refractivity contribution in [1.29, 1.82) is 0 Å². The minimum absolute atomic E-state index is 0.135. The van der Waals surface area contributed by atoms with Gasteiger partial charge in [-0.25, -0.2) is 0 Å². The van der Waals surface area contributed by atoms with E-state index in [1.165, 1.54) is 6.07 Å². The molecule has 2 N–H and O–H groups in total. The van der Waals surface area contributed by atoms with Crippen molar-refractivity contribution in [2.45, 2.75) is 13.1 Å². The SMILES string of the molecule is COc1c(C(C)=O)ccc(N)c1C(F)(F)F. The number of benzene rings is 1. The van der Waals surface area contributed by atoms with Gasteiger partial charge >= 0.3 is 6.18 Å². The predicted molar refractivity (Wildman–Crippen MR) is 52.4 cm³/mol. The number of methoxy groups -OCH3 is 1. The van der Waals surface area contributed by atoms with Crippen LogP contribution in [-0.4, -0.2) is 12.9 Å². The van der Waals surface area contributed by atoms with Gasteiger partial charge in [0.25, 0.3) is 0 Å². The molecule has 0 saturated heterocycles. The molecule has 0 aliphatic carbocycles. The molecule has 0 atom stereocenters. The molecule has 1 aromatic carbocycles. The third kappa shape index (κ3) is 2.10. The van der Waals surface area contributed by atoms with Gasteiger partial charge in [0.2, 0.25) is 0 Å². The number of nitrogen functional groups attached to an aromatic ring is 1. The molecule has 0 fully saturated rings. The van der Waals surface area contributed by atoms with Crippen LogP contribution in [0.5, 0.6) is 5.75 Å². The van der Waals surface area contributed by atoms with Crippen LogP contribution >= 0.6 is 0 Å². The molecule has 3 nitrogen and oxygen atoms in total. The Labute approximate surface area is 90.0 Å². The van der Waals surface area contributed by atoms with Gasteiger partial charge in [-0.1, -0.05) is 0 Å². The summed E-state index contributed by atoms with van der Waals surface area (Å²) in [6.45, 7) is 1.16. The highest BCUT2D eigenvalue weighted by atomic mass is 19.4. The summed E-state index contributed by atoms with van der Waals surface area (Å²) in [5.74, 6) is -1.04. The molecule has 0 radical (unpaired) electrons. The standard InChI is InChI=1S/C10H10F3NO2/c1-5(15)6-3-4-7(14)8(9(6)16-2)10(11,12)13/h3-4H,14H2,1-2H3. The number of hydrogen-bond donors (Lipinski definition) is 1. The fourth-order valence-corrected chi connectivity index (χ4v) is 1.38. The third-order valence-corrected chi connectivity index (χ3v) is 2.06. The monoisotopic (exact) mass is 233 g/mol. The molecule has 0 heterocycles. The van der Waals surface area contributed by atoms with Crippen molar-refractivity contribution >= 4 is 11.5 Å². The van der Waals surface area contributed by atoms with Gasteiger partial charge in [0.1, 0.15) is 11.3 Å². The highest BCUT2D eigenvalue weighted by molar-refractivity contribution is 5.98. The second-order valence-corrected chi connectivity index (χ2v) is 3.16. The summed E-state index contributed by atoms with van der Waals surface area (Å²) >= 11 is 0. The number of alkyl halides is 3. The van der Waals surface area contributed by atoms with E-state index in [0.29, 0.717) is 0 Å². The summed E-state index contributed by atoms with van der Waals surface area (Å²) in [7, 11) is 1.07. The van der Waals surface area contributed by atoms with E-state index in [2.05, 4.69) is 4.74 Å². The Hall–Kier alpha value is -1.72. The number of Topliss-reactive ketones (excluding diaryl/α,β-unsaturated/α-hetero) is 1. The maximum absolute atomic E-state index is 12.7. The number of hydrogen-bond acceptors (Lipinski definition) is 3. The number of anilines is 1. The molecule has 16 heavy (non-hydrogen) atoms. The van der Waals surface area contributed by atoms with Crippen LogP contribution in [0.25, 0.3) is 0 Å². The second kappa shape index (κ2) is 4.03. The predicted octanol–water partition coefficient (Wildman–Crippen LogP) is 2.50. The minimum Gasteiger partial charge on any atom is -0.495 e. The van der Waals surface area contributed by atoms with E-state index >= 15 is 0 Å². The molecule has 0 aliphatic heterocycles. The van der Waals surface area contributed by atoms with Crippen LogP contribution in [0.2, 0.25) is 0 Å². The van der Waals surface area contributed by atoms with Crippen LogP contribution in [0.1, 0.15) is 22.8 Å². The fraction of sp³-hybridized carbons (Fsp3) is 0.300. The second-order valence-electron chi connectivity index (χ2n) is 3.16. The topological polar surface area (TPSA) is 52.3 Å². The Morgan fingerprint density at radius 3 is 2.31 bits per heavy atom. The van der Waals surface area contributed by atoms with Gasteiger partial charge in [-0.3, -0.25) is 4.79 Å². The first-order chi connectivity index (χ1) is 7.29. The lowest BCUT2D eigenvalue weighted by atomic mass is 10.0. The zero-order chi connectivity index (χ0) is 12.5. The van der Waals surface area contributed by atoms with Crippen molar-refractivity contribution in [2.75, 3.05) is 12.8 Å². The lowest BCUT2D eigenvalue weighted by molar-refractivity contribution is -0.138. The maximum atomic E-state index is 12.7. The number of ketones is 1. The molecule has 0 spiro atoms. The third-order valence-electron chi connectivity index (χ3n) is 2.06. The van der Waals surface area contributed by atoms with Crippen molar-refractivity contribution in [1.82, 2.24) is 0 Å². The van der Waals surface area contributed by atoms with E-state index in [-0.39, 0.29) is 5.56 Å². The normalized spacial score (nSPS) is 11.3. The number of ether oxygens (including phenoxy) is 1. The average Bonchev–Trinajstić information content (AvgIpc) is 2.14. The molecule has 1 rings (SSSR count).